The van der Waals surface area contributed by atoms with E-state index < -0.39 is 6.09 Å². The second-order valence-electron chi connectivity index (χ2n) is 3.64. The van der Waals surface area contributed by atoms with Crippen molar-refractivity contribution >= 4 is 11.8 Å². The van der Waals surface area contributed by atoms with Crippen LogP contribution in [0.1, 0.15) is 0 Å². The number of carbonyl (C=O) groups excluding carboxylic acids is 1. The zero-order chi connectivity index (χ0) is 13.7. The molecule has 0 spiro atoms. The van der Waals surface area contributed by atoms with Gasteiger partial charge in [-0.2, -0.15) is 0 Å². The molecule has 0 aliphatic carbocycles. The first-order valence-corrected chi connectivity index (χ1v) is 5.56. The maximum atomic E-state index is 11.1. The summed E-state index contributed by atoms with van der Waals surface area (Å²) in [5, 5.41) is 2.33. The highest BCUT2D eigenvalue weighted by Crippen LogP contribution is 2.24. The lowest BCUT2D eigenvalue weighted by Gasteiger charge is -2.07. The number of aromatic nitrogens is 1. The molecule has 6 heteroatoms. The first-order valence-electron chi connectivity index (χ1n) is 5.56. The Bertz CT molecular complexity index is 570. The zero-order valence-corrected chi connectivity index (χ0v) is 10.3. The number of nitrogens with two attached hydrogens (primary N) is 1. The summed E-state index contributed by atoms with van der Waals surface area (Å²) >= 11 is 0. The van der Waals surface area contributed by atoms with E-state index in [0.29, 0.717) is 17.2 Å². The smallest absolute Gasteiger partial charge is 0.413 e. The predicted octanol–water partition coefficient (Wildman–Crippen LogP) is 2.17. The van der Waals surface area contributed by atoms with E-state index in [9.17, 15) is 4.79 Å². The Morgan fingerprint density at radius 2 is 1.95 bits per heavy atom. The van der Waals surface area contributed by atoms with Crippen LogP contribution in [0.4, 0.5) is 10.5 Å². The Kier molecular flexibility index (Phi) is 3.82. The minimum atomic E-state index is -0.586. The second-order valence-corrected chi connectivity index (χ2v) is 3.64. The minimum Gasteiger partial charge on any atom is -0.457 e. The maximum Gasteiger partial charge on any atom is 0.413 e. The van der Waals surface area contributed by atoms with Crippen LogP contribution in [0, 0.1) is 0 Å². The maximum absolute atomic E-state index is 11.1. The van der Waals surface area contributed by atoms with Gasteiger partial charge in [0, 0.05) is 25.0 Å². The van der Waals surface area contributed by atoms with E-state index >= 15 is 0 Å². The van der Waals surface area contributed by atoms with Gasteiger partial charge in [0.05, 0.1) is 0 Å². The molecule has 0 atom stereocenters. The Labute approximate surface area is 110 Å². The third-order valence-electron chi connectivity index (χ3n) is 2.22. The number of amides is 1. The highest BCUT2D eigenvalue weighted by molar-refractivity contribution is 5.69. The Hall–Kier alpha value is -2.76. The van der Waals surface area contributed by atoms with Gasteiger partial charge < -0.3 is 20.5 Å². The summed E-state index contributed by atoms with van der Waals surface area (Å²) in [6.45, 7) is 0. The summed E-state index contributed by atoms with van der Waals surface area (Å²) in [5.41, 5.74) is 6.24. The van der Waals surface area contributed by atoms with Crippen LogP contribution in [0.15, 0.2) is 42.6 Å². The fourth-order valence-corrected chi connectivity index (χ4v) is 1.33. The van der Waals surface area contributed by atoms with Gasteiger partial charge in [-0.15, -0.1) is 0 Å². The highest BCUT2D eigenvalue weighted by atomic mass is 16.6. The van der Waals surface area contributed by atoms with Gasteiger partial charge in [-0.05, 0) is 30.3 Å². The first kappa shape index (κ1) is 12.7. The number of pyridine rings is 1. The summed E-state index contributed by atoms with van der Waals surface area (Å²) in [7, 11) is 1.47. The van der Waals surface area contributed by atoms with E-state index in [1.807, 2.05) is 0 Å². The SMILES string of the molecule is CNC(=O)Oc1cc(Oc2ccc(N)cc2)ccn1. The van der Waals surface area contributed by atoms with Gasteiger partial charge in [-0.3, -0.25) is 0 Å². The summed E-state index contributed by atoms with van der Waals surface area (Å²) in [5.74, 6) is 1.30. The van der Waals surface area contributed by atoms with Gasteiger partial charge in [0.25, 0.3) is 0 Å². The van der Waals surface area contributed by atoms with Crippen molar-refractivity contribution in [3.63, 3.8) is 0 Å². The van der Waals surface area contributed by atoms with E-state index in [0.717, 1.165) is 0 Å². The van der Waals surface area contributed by atoms with Gasteiger partial charge in [-0.1, -0.05) is 0 Å². The fourth-order valence-electron chi connectivity index (χ4n) is 1.33. The summed E-state index contributed by atoms with van der Waals surface area (Å²) in [6.07, 6.45) is 0.905. The molecule has 1 aromatic carbocycles. The molecule has 0 unspecified atom stereocenters. The topological polar surface area (TPSA) is 86.5 Å². The van der Waals surface area contributed by atoms with E-state index in [1.54, 1.807) is 30.3 Å². The number of hydrogen-bond acceptors (Lipinski definition) is 5. The van der Waals surface area contributed by atoms with Crippen molar-refractivity contribution in [1.82, 2.24) is 10.3 Å². The summed E-state index contributed by atoms with van der Waals surface area (Å²) < 4.78 is 10.5. The Balaban J connectivity index is 2.10. The van der Waals surface area contributed by atoms with Crippen molar-refractivity contribution in [2.75, 3.05) is 12.8 Å². The molecule has 19 heavy (non-hydrogen) atoms. The summed E-state index contributed by atoms with van der Waals surface area (Å²) in [6, 6.07) is 10.1. The molecule has 0 aliphatic rings. The van der Waals surface area contributed by atoms with Crippen molar-refractivity contribution in [3.8, 4) is 17.4 Å². The molecule has 1 heterocycles. The van der Waals surface area contributed by atoms with Gasteiger partial charge >= 0.3 is 6.09 Å². The van der Waals surface area contributed by atoms with E-state index in [1.165, 1.54) is 19.3 Å². The highest BCUT2D eigenvalue weighted by Gasteiger charge is 2.05. The number of benzene rings is 1. The van der Waals surface area contributed by atoms with Crippen LogP contribution in [0.2, 0.25) is 0 Å². The summed E-state index contributed by atoms with van der Waals surface area (Å²) in [4.78, 5) is 15.0. The van der Waals surface area contributed by atoms with Crippen molar-refractivity contribution in [2.24, 2.45) is 0 Å². The van der Waals surface area contributed by atoms with Crippen molar-refractivity contribution < 1.29 is 14.3 Å². The molecule has 2 aromatic rings. The number of hydrogen-bond donors (Lipinski definition) is 2. The van der Waals surface area contributed by atoms with Crippen LogP contribution < -0.4 is 20.5 Å². The van der Waals surface area contributed by atoms with Crippen LogP contribution in [-0.2, 0) is 0 Å². The molecule has 6 nitrogen and oxygen atoms in total. The Morgan fingerprint density at radius 3 is 2.63 bits per heavy atom. The Morgan fingerprint density at radius 1 is 1.21 bits per heavy atom. The second kappa shape index (κ2) is 5.72. The molecule has 0 saturated heterocycles. The monoisotopic (exact) mass is 259 g/mol. The van der Waals surface area contributed by atoms with Crippen molar-refractivity contribution in [1.29, 1.82) is 0 Å². The standard InChI is InChI=1S/C13H13N3O3/c1-15-13(17)19-12-8-11(6-7-16-12)18-10-4-2-9(14)3-5-10/h2-8H,14H2,1H3,(H,15,17). The number of nitrogen functional groups attached to an aromatic ring is 1. The molecule has 2 rings (SSSR count). The molecule has 3 N–H and O–H groups in total. The third-order valence-corrected chi connectivity index (χ3v) is 2.22. The molecule has 0 saturated carbocycles. The van der Waals surface area contributed by atoms with E-state index in [-0.39, 0.29) is 5.88 Å². The molecular weight excluding hydrogens is 246 g/mol. The molecule has 0 fully saturated rings. The fraction of sp³-hybridized carbons (Fsp3) is 0.0769. The molecule has 0 bridgehead atoms. The van der Waals surface area contributed by atoms with Crippen LogP contribution in [0.3, 0.4) is 0 Å². The molecule has 1 aromatic heterocycles. The van der Waals surface area contributed by atoms with Gasteiger partial charge in [0.15, 0.2) is 0 Å². The average Bonchev–Trinajstić information content (AvgIpc) is 2.42. The third kappa shape index (κ3) is 3.60. The van der Waals surface area contributed by atoms with Crippen LogP contribution in [-0.4, -0.2) is 18.1 Å². The number of carbonyl (C=O) groups is 1. The van der Waals surface area contributed by atoms with Crippen LogP contribution in [0.5, 0.6) is 17.4 Å². The van der Waals surface area contributed by atoms with Crippen molar-refractivity contribution in [2.45, 2.75) is 0 Å². The van der Waals surface area contributed by atoms with Gasteiger partial charge in [0.2, 0.25) is 5.88 Å². The lowest BCUT2D eigenvalue weighted by molar-refractivity contribution is 0.201. The van der Waals surface area contributed by atoms with E-state index in [2.05, 4.69) is 10.3 Å². The number of anilines is 1. The number of nitrogens with one attached hydrogen (secondary N) is 1. The van der Waals surface area contributed by atoms with Crippen LogP contribution in [0.25, 0.3) is 0 Å². The minimum absolute atomic E-state index is 0.160. The van der Waals surface area contributed by atoms with Crippen molar-refractivity contribution in [3.05, 3.63) is 42.6 Å². The molecule has 0 aliphatic heterocycles. The number of rotatable bonds is 3. The largest absolute Gasteiger partial charge is 0.457 e. The normalized spacial score (nSPS) is 9.74. The lowest BCUT2D eigenvalue weighted by atomic mass is 10.3. The van der Waals surface area contributed by atoms with E-state index in [4.69, 9.17) is 15.2 Å². The lowest BCUT2D eigenvalue weighted by Crippen LogP contribution is -2.22. The molecular formula is C13H13N3O3. The molecule has 1 amide bonds. The van der Waals surface area contributed by atoms with Gasteiger partial charge in [-0.25, -0.2) is 9.78 Å². The predicted molar refractivity (Wildman–Crippen MR) is 70.2 cm³/mol. The average molecular weight is 259 g/mol. The van der Waals surface area contributed by atoms with Gasteiger partial charge in [0.1, 0.15) is 11.5 Å². The number of ether oxygens (including phenoxy) is 2. The first-order chi connectivity index (χ1) is 9.17. The number of nitrogens with zero attached hydrogens (tertiary/aromatic N) is 1. The molecule has 98 valence electrons. The van der Waals surface area contributed by atoms with Crippen LogP contribution >= 0.6 is 0 Å². The zero-order valence-electron chi connectivity index (χ0n) is 10.3. The molecule has 0 radical (unpaired) electrons. The quantitative estimate of drug-likeness (QED) is 0.825.